The van der Waals surface area contributed by atoms with Crippen molar-refractivity contribution in [2.75, 3.05) is 32.7 Å². The van der Waals surface area contributed by atoms with Crippen LogP contribution in [0.1, 0.15) is 41.4 Å². The van der Waals surface area contributed by atoms with E-state index in [1.807, 2.05) is 43.3 Å². The van der Waals surface area contributed by atoms with Crippen molar-refractivity contribution < 1.29 is 19.1 Å². The zero-order valence-corrected chi connectivity index (χ0v) is 21.6. The van der Waals surface area contributed by atoms with Crippen LogP contribution in [0.2, 0.25) is 0 Å². The number of methoxy groups -OCH3 is 1. The van der Waals surface area contributed by atoms with E-state index in [1.54, 1.807) is 48.8 Å². The van der Waals surface area contributed by atoms with E-state index in [4.69, 9.17) is 9.47 Å². The van der Waals surface area contributed by atoms with Crippen LogP contribution in [0.25, 0.3) is 6.08 Å². The van der Waals surface area contributed by atoms with Gasteiger partial charge in [-0.25, -0.2) is 14.6 Å². The van der Waals surface area contributed by atoms with Gasteiger partial charge in [-0.15, -0.1) is 0 Å². The van der Waals surface area contributed by atoms with E-state index in [0.717, 1.165) is 16.8 Å². The first-order chi connectivity index (χ1) is 17.2. The number of fused-ring (bicyclic) bond motifs is 1. The van der Waals surface area contributed by atoms with Crippen LogP contribution in [0.3, 0.4) is 0 Å². The number of hydrogen-bond donors (Lipinski definition) is 0. The molecule has 2 heterocycles. The number of hydrogen-bond acceptors (Lipinski definition) is 8. The third kappa shape index (κ3) is 4.74. The highest BCUT2D eigenvalue weighted by molar-refractivity contribution is 7.07. The zero-order valence-electron chi connectivity index (χ0n) is 20.8. The van der Waals surface area contributed by atoms with Crippen LogP contribution in [-0.4, -0.2) is 44.3 Å². The van der Waals surface area contributed by atoms with Crippen molar-refractivity contribution in [2.24, 2.45) is 4.99 Å². The Hall–Kier alpha value is -3.98. The number of ether oxygens (including phenoxy) is 2. The Bertz CT molecular complexity index is 1510. The molecule has 0 bridgehead atoms. The van der Waals surface area contributed by atoms with Crippen LogP contribution in [0.4, 0.5) is 5.69 Å². The summed E-state index contributed by atoms with van der Waals surface area (Å²) in [6.45, 7) is 3.72. The summed E-state index contributed by atoms with van der Waals surface area (Å²) < 4.78 is 12.1. The molecule has 1 aliphatic rings. The lowest BCUT2D eigenvalue weighted by Gasteiger charge is -2.25. The second kappa shape index (κ2) is 10.3. The van der Waals surface area contributed by atoms with Crippen molar-refractivity contribution >= 4 is 35.0 Å². The highest BCUT2D eigenvalue weighted by atomic mass is 32.1. The first-order valence-corrected chi connectivity index (χ1v) is 12.2. The topological polar surface area (TPSA) is 90.2 Å². The molecule has 4 rings (SSSR count). The lowest BCUT2D eigenvalue weighted by Crippen LogP contribution is -2.39. The number of allylic oxidation sites excluding steroid dienone is 1. The smallest absolute Gasteiger partial charge is 0.338 e. The van der Waals surface area contributed by atoms with E-state index >= 15 is 0 Å². The molecule has 1 atom stereocenters. The van der Waals surface area contributed by atoms with E-state index in [-0.39, 0.29) is 12.2 Å². The van der Waals surface area contributed by atoms with Crippen LogP contribution >= 0.6 is 11.3 Å². The molecule has 9 heteroatoms. The second-order valence-electron chi connectivity index (χ2n) is 8.40. The molecule has 186 valence electrons. The van der Waals surface area contributed by atoms with Gasteiger partial charge in [-0.05, 0) is 55.3 Å². The molecule has 0 radical (unpaired) electrons. The van der Waals surface area contributed by atoms with Crippen LogP contribution in [0, 0.1) is 0 Å². The van der Waals surface area contributed by atoms with Gasteiger partial charge in [0.05, 0.1) is 41.1 Å². The highest BCUT2D eigenvalue weighted by Gasteiger charge is 2.33. The molecule has 36 heavy (non-hydrogen) atoms. The van der Waals surface area contributed by atoms with Gasteiger partial charge in [0.1, 0.15) is 0 Å². The van der Waals surface area contributed by atoms with E-state index < -0.39 is 18.0 Å². The Morgan fingerprint density at radius 1 is 1.08 bits per heavy atom. The van der Waals surface area contributed by atoms with E-state index in [2.05, 4.69) is 4.99 Å². The number of esters is 2. The molecule has 1 aliphatic heterocycles. The molecule has 0 N–H and O–H groups in total. The molecule has 0 amide bonds. The number of anilines is 1. The maximum atomic E-state index is 13.7. The van der Waals surface area contributed by atoms with E-state index in [1.165, 1.54) is 18.4 Å². The predicted molar refractivity (Wildman–Crippen MR) is 139 cm³/mol. The molecule has 1 aromatic heterocycles. The zero-order chi connectivity index (χ0) is 26.0. The summed E-state index contributed by atoms with van der Waals surface area (Å²) in [6, 6.07) is 13.9. The fraction of sp³-hybridized carbons (Fsp3) is 0.259. The molecule has 0 saturated heterocycles. The third-order valence-corrected chi connectivity index (χ3v) is 6.85. The largest absolute Gasteiger partial charge is 0.465 e. The fourth-order valence-corrected chi connectivity index (χ4v) is 5.09. The van der Waals surface area contributed by atoms with Gasteiger partial charge in [-0.1, -0.05) is 35.6 Å². The standard InChI is InChI=1S/C27H27N3O5S/c1-6-35-26(33)22-16(2)28-27-30(23(22)18-11-13-20(14-12-18)29(3)4)24(31)21(36-27)15-17-7-9-19(10-8-17)25(32)34-5/h7-15,23H,6H2,1-5H3/b21-15-/t23-/m0/s1. The summed E-state index contributed by atoms with van der Waals surface area (Å²) in [4.78, 5) is 45.4. The fourth-order valence-electron chi connectivity index (χ4n) is 4.05. The van der Waals surface area contributed by atoms with Crippen LogP contribution < -0.4 is 19.8 Å². The van der Waals surface area contributed by atoms with Crippen molar-refractivity contribution in [3.05, 3.63) is 96.2 Å². The molecule has 0 unspecified atom stereocenters. The lowest BCUT2D eigenvalue weighted by molar-refractivity contribution is -0.139. The molecular formula is C27H27N3O5S. The van der Waals surface area contributed by atoms with Gasteiger partial charge in [0, 0.05) is 19.8 Å². The summed E-state index contributed by atoms with van der Waals surface area (Å²) >= 11 is 1.25. The minimum absolute atomic E-state index is 0.216. The summed E-state index contributed by atoms with van der Waals surface area (Å²) in [7, 11) is 5.22. The van der Waals surface area contributed by atoms with Crippen LogP contribution in [0.5, 0.6) is 0 Å². The summed E-state index contributed by atoms with van der Waals surface area (Å²) in [5, 5.41) is 0. The van der Waals surface area contributed by atoms with Crippen molar-refractivity contribution in [2.45, 2.75) is 19.9 Å². The number of aromatic nitrogens is 1. The maximum absolute atomic E-state index is 13.7. The van der Waals surface area contributed by atoms with Gasteiger partial charge in [-0.2, -0.15) is 0 Å². The lowest BCUT2D eigenvalue weighted by atomic mass is 9.95. The van der Waals surface area contributed by atoms with Gasteiger partial charge in [0.25, 0.3) is 5.56 Å². The summed E-state index contributed by atoms with van der Waals surface area (Å²) in [6.07, 6.45) is 1.75. The molecule has 0 saturated carbocycles. The second-order valence-corrected chi connectivity index (χ2v) is 9.41. The van der Waals surface area contributed by atoms with Crippen molar-refractivity contribution in [1.82, 2.24) is 4.57 Å². The number of carbonyl (C=O) groups is 2. The molecule has 0 aliphatic carbocycles. The Morgan fingerprint density at radius 3 is 2.33 bits per heavy atom. The molecule has 0 spiro atoms. The summed E-state index contributed by atoms with van der Waals surface area (Å²) in [5.41, 5.74) is 3.56. The van der Waals surface area contributed by atoms with Gasteiger partial charge >= 0.3 is 11.9 Å². The van der Waals surface area contributed by atoms with Gasteiger partial charge in [-0.3, -0.25) is 9.36 Å². The van der Waals surface area contributed by atoms with Gasteiger partial charge in [0.15, 0.2) is 4.80 Å². The molecule has 2 aromatic carbocycles. The molecule has 0 fully saturated rings. The third-order valence-electron chi connectivity index (χ3n) is 5.87. The van der Waals surface area contributed by atoms with Crippen molar-refractivity contribution in [3.63, 3.8) is 0 Å². The highest BCUT2D eigenvalue weighted by Crippen LogP contribution is 2.31. The number of carbonyl (C=O) groups excluding carboxylic acids is 2. The van der Waals surface area contributed by atoms with Gasteiger partial charge in [0.2, 0.25) is 0 Å². The Kier molecular flexibility index (Phi) is 7.21. The molecular weight excluding hydrogens is 478 g/mol. The van der Waals surface area contributed by atoms with E-state index in [0.29, 0.717) is 26.2 Å². The number of nitrogens with zero attached hydrogens (tertiary/aromatic N) is 3. The predicted octanol–water partition coefficient (Wildman–Crippen LogP) is 2.65. The first-order valence-electron chi connectivity index (χ1n) is 11.4. The number of benzene rings is 2. The molecule has 8 nitrogen and oxygen atoms in total. The quantitative estimate of drug-likeness (QED) is 0.479. The normalized spacial score (nSPS) is 15.2. The van der Waals surface area contributed by atoms with Crippen LogP contribution in [-0.2, 0) is 14.3 Å². The molecule has 3 aromatic rings. The first kappa shape index (κ1) is 25.1. The number of rotatable bonds is 6. The van der Waals surface area contributed by atoms with E-state index in [9.17, 15) is 14.4 Å². The monoisotopic (exact) mass is 505 g/mol. The Balaban J connectivity index is 1.87. The SMILES string of the molecule is CCOC(=O)C1=C(C)N=c2s/c(=C\c3ccc(C(=O)OC)cc3)c(=O)n2[C@H]1c1ccc(N(C)C)cc1. The summed E-state index contributed by atoms with van der Waals surface area (Å²) in [5.74, 6) is -0.920. The Morgan fingerprint density at radius 2 is 1.75 bits per heavy atom. The number of thiazole rings is 1. The van der Waals surface area contributed by atoms with Crippen molar-refractivity contribution in [3.8, 4) is 0 Å². The van der Waals surface area contributed by atoms with Gasteiger partial charge < -0.3 is 14.4 Å². The minimum atomic E-state index is -0.666. The average Bonchev–Trinajstić information content (AvgIpc) is 3.17. The average molecular weight is 506 g/mol. The maximum Gasteiger partial charge on any atom is 0.338 e. The minimum Gasteiger partial charge on any atom is -0.465 e. The van der Waals surface area contributed by atoms with Crippen molar-refractivity contribution in [1.29, 1.82) is 0 Å². The van der Waals surface area contributed by atoms with Crippen LogP contribution in [0.15, 0.2) is 69.6 Å². The Labute approximate surface area is 212 Å².